The van der Waals surface area contributed by atoms with Crippen LogP contribution in [-0.4, -0.2) is 10.9 Å². The van der Waals surface area contributed by atoms with Crippen molar-refractivity contribution in [2.75, 3.05) is 5.32 Å². The minimum atomic E-state index is 0.539. The Morgan fingerprint density at radius 3 is 3.07 bits per heavy atom. The number of para-hydroxylation sites is 1. The number of alkyl halides is 1. The molecule has 2 aliphatic rings. The number of rotatable bonds is 0. The smallest absolute Gasteiger partial charge is 0.0493 e. The Balaban J connectivity index is 2.07. The van der Waals surface area contributed by atoms with Gasteiger partial charge < -0.3 is 5.32 Å². The Bertz CT molecular complexity index is 386. The van der Waals surface area contributed by atoms with Crippen LogP contribution in [-0.2, 0) is 0 Å². The first-order chi connectivity index (χ1) is 6.86. The molecule has 72 valence electrons. The van der Waals surface area contributed by atoms with Crippen molar-refractivity contribution in [3.8, 4) is 0 Å². The normalized spacial score (nSPS) is 33.4. The van der Waals surface area contributed by atoms with Gasteiger partial charge in [0, 0.05) is 22.5 Å². The predicted molar refractivity (Wildman–Crippen MR) is 63.1 cm³/mol. The molecule has 3 unspecified atom stereocenters. The summed E-state index contributed by atoms with van der Waals surface area (Å²) in [4.78, 5) is 0.560. The van der Waals surface area contributed by atoms with Crippen molar-refractivity contribution in [1.82, 2.24) is 0 Å². The number of allylic oxidation sites excluding steroid dienone is 1. The van der Waals surface area contributed by atoms with Crippen LogP contribution in [0.25, 0.3) is 0 Å². The molecule has 3 rings (SSSR count). The highest BCUT2D eigenvalue weighted by atomic mass is 79.9. The Morgan fingerprint density at radius 1 is 1.29 bits per heavy atom. The highest BCUT2D eigenvalue weighted by Crippen LogP contribution is 2.42. The lowest BCUT2D eigenvalue weighted by atomic mass is 9.88. The minimum absolute atomic E-state index is 0.539. The summed E-state index contributed by atoms with van der Waals surface area (Å²) in [6, 6.07) is 9.14. The van der Waals surface area contributed by atoms with Crippen LogP contribution in [0.2, 0.25) is 0 Å². The fraction of sp³-hybridized carbons (Fsp3) is 0.333. The lowest BCUT2D eigenvalue weighted by Crippen LogP contribution is -2.31. The molecule has 1 N–H and O–H groups in total. The van der Waals surface area contributed by atoms with Crippen molar-refractivity contribution in [3.05, 3.63) is 42.0 Å². The summed E-state index contributed by atoms with van der Waals surface area (Å²) >= 11 is 3.74. The van der Waals surface area contributed by atoms with Crippen LogP contribution in [0.5, 0.6) is 0 Å². The van der Waals surface area contributed by atoms with E-state index < -0.39 is 0 Å². The molecule has 2 heteroatoms. The molecule has 0 fully saturated rings. The zero-order chi connectivity index (χ0) is 9.54. The number of hydrogen-bond acceptors (Lipinski definition) is 1. The molecule has 0 aromatic heterocycles. The number of anilines is 1. The van der Waals surface area contributed by atoms with Crippen LogP contribution in [0.1, 0.15) is 17.9 Å². The molecule has 1 aromatic carbocycles. The maximum atomic E-state index is 3.74. The average Bonchev–Trinajstić information content (AvgIpc) is 2.59. The molecule has 1 heterocycles. The first-order valence-electron chi connectivity index (χ1n) is 5.02. The summed E-state index contributed by atoms with van der Waals surface area (Å²) < 4.78 is 0. The van der Waals surface area contributed by atoms with Gasteiger partial charge in [0.15, 0.2) is 0 Å². The molecule has 1 aliphatic carbocycles. The minimum Gasteiger partial charge on any atom is -0.380 e. The monoisotopic (exact) mass is 249 g/mol. The van der Waals surface area contributed by atoms with Gasteiger partial charge in [-0.05, 0) is 18.1 Å². The Labute approximate surface area is 92.3 Å². The van der Waals surface area contributed by atoms with Crippen molar-refractivity contribution in [2.24, 2.45) is 0 Å². The second-order valence-corrected chi connectivity index (χ2v) is 5.14. The van der Waals surface area contributed by atoms with Gasteiger partial charge >= 0.3 is 0 Å². The third-order valence-corrected chi connectivity index (χ3v) is 4.07. The van der Waals surface area contributed by atoms with E-state index >= 15 is 0 Å². The molecule has 0 bridgehead atoms. The van der Waals surface area contributed by atoms with Crippen LogP contribution in [0.4, 0.5) is 5.69 Å². The van der Waals surface area contributed by atoms with Gasteiger partial charge in [0.1, 0.15) is 0 Å². The Morgan fingerprint density at radius 2 is 2.14 bits per heavy atom. The first kappa shape index (κ1) is 8.54. The lowest BCUT2D eigenvalue weighted by Gasteiger charge is -2.26. The molecular formula is C12H12BrN. The van der Waals surface area contributed by atoms with E-state index in [1.807, 2.05) is 0 Å². The quantitative estimate of drug-likeness (QED) is 0.550. The fourth-order valence-electron chi connectivity index (χ4n) is 2.42. The number of nitrogens with one attached hydrogen (secondary N) is 1. The number of benzene rings is 1. The predicted octanol–water partition coefficient (Wildman–Crippen LogP) is 3.29. The highest BCUT2D eigenvalue weighted by Gasteiger charge is 2.35. The van der Waals surface area contributed by atoms with Gasteiger partial charge in [-0.3, -0.25) is 0 Å². The third kappa shape index (κ3) is 1.13. The van der Waals surface area contributed by atoms with Crippen molar-refractivity contribution >= 4 is 21.6 Å². The molecule has 3 atom stereocenters. The van der Waals surface area contributed by atoms with E-state index in [9.17, 15) is 0 Å². The van der Waals surface area contributed by atoms with Crippen LogP contribution >= 0.6 is 15.9 Å². The van der Waals surface area contributed by atoms with Gasteiger partial charge in [-0.25, -0.2) is 0 Å². The number of halogens is 1. The largest absolute Gasteiger partial charge is 0.380 e. The van der Waals surface area contributed by atoms with Crippen LogP contribution in [0.3, 0.4) is 0 Å². The van der Waals surface area contributed by atoms with E-state index in [1.165, 1.54) is 11.3 Å². The van der Waals surface area contributed by atoms with Gasteiger partial charge in [-0.2, -0.15) is 0 Å². The SMILES string of the molecule is BrC1CC=CC2c3ccccc3NC12. The molecule has 14 heavy (non-hydrogen) atoms. The van der Waals surface area contributed by atoms with E-state index in [2.05, 4.69) is 57.7 Å². The molecule has 0 radical (unpaired) electrons. The Hall–Kier alpha value is -0.760. The van der Waals surface area contributed by atoms with Gasteiger partial charge in [-0.15, -0.1) is 0 Å². The van der Waals surface area contributed by atoms with E-state index in [-0.39, 0.29) is 0 Å². The Kier molecular flexibility index (Phi) is 1.91. The summed E-state index contributed by atoms with van der Waals surface area (Å²) in [5, 5.41) is 3.59. The second kappa shape index (κ2) is 3.13. The second-order valence-electron chi connectivity index (χ2n) is 3.96. The van der Waals surface area contributed by atoms with Crippen LogP contribution < -0.4 is 5.32 Å². The summed E-state index contributed by atoms with van der Waals surface area (Å²) in [6.07, 6.45) is 5.74. The number of fused-ring (bicyclic) bond motifs is 3. The van der Waals surface area contributed by atoms with E-state index in [0.717, 1.165) is 6.42 Å². The zero-order valence-corrected chi connectivity index (χ0v) is 9.37. The zero-order valence-electron chi connectivity index (χ0n) is 7.78. The van der Waals surface area contributed by atoms with E-state index in [0.29, 0.717) is 16.8 Å². The summed E-state index contributed by atoms with van der Waals surface area (Å²) in [6.45, 7) is 0. The van der Waals surface area contributed by atoms with Gasteiger partial charge in [0.25, 0.3) is 0 Å². The van der Waals surface area contributed by atoms with Crippen LogP contribution in [0.15, 0.2) is 36.4 Å². The van der Waals surface area contributed by atoms with Gasteiger partial charge in [-0.1, -0.05) is 46.3 Å². The van der Waals surface area contributed by atoms with Crippen molar-refractivity contribution in [1.29, 1.82) is 0 Å². The summed E-state index contributed by atoms with van der Waals surface area (Å²) in [5.74, 6) is 0.560. The van der Waals surface area contributed by atoms with Gasteiger partial charge in [0.05, 0.1) is 0 Å². The lowest BCUT2D eigenvalue weighted by molar-refractivity contribution is 0.629. The highest BCUT2D eigenvalue weighted by molar-refractivity contribution is 9.09. The van der Waals surface area contributed by atoms with E-state index in [4.69, 9.17) is 0 Å². The molecule has 1 nitrogen and oxygen atoms in total. The third-order valence-electron chi connectivity index (χ3n) is 3.12. The van der Waals surface area contributed by atoms with Crippen molar-refractivity contribution < 1.29 is 0 Å². The molecule has 1 aliphatic heterocycles. The molecule has 0 saturated carbocycles. The van der Waals surface area contributed by atoms with E-state index in [1.54, 1.807) is 0 Å². The van der Waals surface area contributed by atoms with Gasteiger partial charge in [0.2, 0.25) is 0 Å². The fourth-order valence-corrected chi connectivity index (χ4v) is 3.10. The summed E-state index contributed by atoms with van der Waals surface area (Å²) in [5.41, 5.74) is 2.75. The first-order valence-corrected chi connectivity index (χ1v) is 5.94. The molecule has 0 spiro atoms. The topological polar surface area (TPSA) is 12.0 Å². The maximum Gasteiger partial charge on any atom is 0.0493 e. The standard InChI is InChI=1S/C12H12BrN/c13-10-6-3-5-9-8-4-1-2-7-11(8)14-12(9)10/h1-5,7,9-10,12,14H,6H2. The molecule has 0 amide bonds. The number of hydrogen-bond donors (Lipinski definition) is 1. The molecule has 0 saturated heterocycles. The van der Waals surface area contributed by atoms with Crippen LogP contribution in [0, 0.1) is 0 Å². The van der Waals surface area contributed by atoms with Crippen molar-refractivity contribution in [2.45, 2.75) is 23.2 Å². The molecule has 1 aromatic rings. The maximum absolute atomic E-state index is 3.74. The summed E-state index contributed by atoms with van der Waals surface area (Å²) in [7, 11) is 0. The average molecular weight is 250 g/mol. The molecular weight excluding hydrogens is 238 g/mol. The van der Waals surface area contributed by atoms with Crippen molar-refractivity contribution in [3.63, 3.8) is 0 Å².